The number of ether oxygens (including phenoxy) is 2. The second kappa shape index (κ2) is 5.67. The number of hydrogen-bond donors (Lipinski definition) is 0. The molecule has 0 aromatic heterocycles. The highest BCUT2D eigenvalue weighted by molar-refractivity contribution is 6.30. The number of rotatable bonds is 3. The van der Waals surface area contributed by atoms with Crippen LogP contribution in [0.2, 0.25) is 5.02 Å². The van der Waals surface area contributed by atoms with Crippen molar-refractivity contribution < 1.29 is 9.47 Å². The van der Waals surface area contributed by atoms with E-state index in [2.05, 4.69) is 19.1 Å². The first kappa shape index (κ1) is 13.8. The monoisotopic (exact) mass is 299 g/mol. The van der Waals surface area contributed by atoms with E-state index in [0.29, 0.717) is 22.9 Å². The van der Waals surface area contributed by atoms with Gasteiger partial charge in [-0.1, -0.05) is 29.3 Å². The summed E-state index contributed by atoms with van der Waals surface area (Å²) in [6.07, 6.45) is 0.784. The summed E-state index contributed by atoms with van der Waals surface area (Å²) in [5.41, 5.74) is 2.90. The molecular weight excluding hydrogens is 286 g/mol. The first-order valence-corrected chi connectivity index (χ1v) is 7.12. The van der Waals surface area contributed by atoms with E-state index in [9.17, 15) is 0 Å². The molecule has 0 fully saturated rings. The van der Waals surface area contributed by atoms with E-state index >= 15 is 0 Å². The van der Waals surface area contributed by atoms with Crippen molar-refractivity contribution in [3.05, 3.63) is 58.1 Å². The Morgan fingerprint density at radius 3 is 3.00 bits per heavy atom. The average molecular weight is 300 g/mol. The van der Waals surface area contributed by atoms with Crippen molar-refractivity contribution in [3.63, 3.8) is 0 Å². The number of benzene rings is 2. The third-order valence-corrected chi connectivity index (χ3v) is 3.68. The summed E-state index contributed by atoms with van der Waals surface area (Å²) in [7, 11) is 0. The van der Waals surface area contributed by atoms with Gasteiger partial charge in [-0.2, -0.15) is 5.26 Å². The lowest BCUT2D eigenvalue weighted by Gasteiger charge is -2.13. The molecule has 1 aliphatic rings. The maximum Gasteiger partial charge on any atom is 0.138 e. The Morgan fingerprint density at radius 1 is 1.33 bits per heavy atom. The fourth-order valence-electron chi connectivity index (χ4n) is 2.43. The van der Waals surface area contributed by atoms with Crippen LogP contribution in [-0.4, -0.2) is 12.7 Å². The van der Waals surface area contributed by atoms with Crippen LogP contribution in [0.15, 0.2) is 36.4 Å². The van der Waals surface area contributed by atoms with Crippen LogP contribution >= 0.6 is 11.6 Å². The van der Waals surface area contributed by atoms with Crippen molar-refractivity contribution in [2.24, 2.45) is 0 Å². The van der Waals surface area contributed by atoms with Crippen molar-refractivity contribution >= 4 is 11.6 Å². The summed E-state index contributed by atoms with van der Waals surface area (Å²) >= 11 is 5.94. The Hall–Kier alpha value is -2.18. The SMILES string of the molecule is Cc1ccc2c(c1)CC(COc1cc(Cl)ccc1C#N)O2. The Bertz CT molecular complexity index is 721. The molecule has 21 heavy (non-hydrogen) atoms. The highest BCUT2D eigenvalue weighted by atomic mass is 35.5. The third kappa shape index (κ3) is 2.96. The molecule has 1 unspecified atom stereocenters. The Morgan fingerprint density at radius 2 is 2.19 bits per heavy atom. The smallest absolute Gasteiger partial charge is 0.138 e. The maximum absolute atomic E-state index is 9.07. The maximum atomic E-state index is 9.07. The van der Waals surface area contributed by atoms with Gasteiger partial charge in [0, 0.05) is 17.5 Å². The highest BCUT2D eigenvalue weighted by Crippen LogP contribution is 2.30. The number of fused-ring (bicyclic) bond motifs is 1. The molecule has 4 heteroatoms. The minimum atomic E-state index is -0.0349. The van der Waals surface area contributed by atoms with Crippen LogP contribution in [0.4, 0.5) is 0 Å². The minimum absolute atomic E-state index is 0.0349. The van der Waals surface area contributed by atoms with Crippen molar-refractivity contribution in [3.8, 4) is 17.6 Å². The lowest BCUT2D eigenvalue weighted by atomic mass is 10.1. The van der Waals surface area contributed by atoms with Gasteiger partial charge in [-0.3, -0.25) is 0 Å². The molecule has 0 aliphatic carbocycles. The summed E-state index contributed by atoms with van der Waals surface area (Å²) in [5.74, 6) is 1.42. The predicted octanol–water partition coefficient (Wildman–Crippen LogP) is 3.90. The summed E-state index contributed by atoms with van der Waals surface area (Å²) in [4.78, 5) is 0. The van der Waals surface area contributed by atoms with Crippen LogP contribution in [0, 0.1) is 18.3 Å². The van der Waals surface area contributed by atoms with Crippen LogP contribution in [0.3, 0.4) is 0 Å². The normalized spacial score (nSPS) is 16.0. The van der Waals surface area contributed by atoms with Crippen LogP contribution in [0.25, 0.3) is 0 Å². The largest absolute Gasteiger partial charge is 0.488 e. The summed E-state index contributed by atoms with van der Waals surface area (Å²) < 4.78 is 11.6. The highest BCUT2D eigenvalue weighted by Gasteiger charge is 2.23. The van der Waals surface area contributed by atoms with Gasteiger partial charge in [-0.25, -0.2) is 0 Å². The number of nitrogens with zero attached hydrogens (tertiary/aromatic N) is 1. The number of nitriles is 1. The van der Waals surface area contributed by atoms with Gasteiger partial charge in [-0.05, 0) is 30.7 Å². The van der Waals surface area contributed by atoms with Crippen molar-refractivity contribution in [2.45, 2.75) is 19.4 Å². The first-order chi connectivity index (χ1) is 10.2. The molecule has 2 aromatic carbocycles. The van der Waals surface area contributed by atoms with E-state index in [1.807, 2.05) is 12.1 Å². The molecule has 3 nitrogen and oxygen atoms in total. The lowest BCUT2D eigenvalue weighted by Crippen LogP contribution is -2.22. The Labute approximate surface area is 128 Å². The van der Waals surface area contributed by atoms with Gasteiger partial charge in [0.05, 0.1) is 5.56 Å². The van der Waals surface area contributed by atoms with Gasteiger partial charge >= 0.3 is 0 Å². The van der Waals surface area contributed by atoms with Gasteiger partial charge in [0.1, 0.15) is 30.3 Å². The summed E-state index contributed by atoms with van der Waals surface area (Å²) in [6, 6.07) is 13.3. The molecule has 0 saturated carbocycles. The lowest BCUT2D eigenvalue weighted by molar-refractivity contribution is 0.148. The van der Waals surface area contributed by atoms with E-state index in [1.165, 1.54) is 11.1 Å². The molecule has 0 radical (unpaired) electrons. The third-order valence-electron chi connectivity index (χ3n) is 3.45. The number of aryl methyl sites for hydroxylation is 1. The van der Waals surface area contributed by atoms with E-state index in [1.54, 1.807) is 18.2 Å². The van der Waals surface area contributed by atoms with Gasteiger partial charge in [0.25, 0.3) is 0 Å². The molecule has 3 rings (SSSR count). The van der Waals surface area contributed by atoms with Crippen LogP contribution < -0.4 is 9.47 Å². The van der Waals surface area contributed by atoms with Gasteiger partial charge in [-0.15, -0.1) is 0 Å². The molecule has 0 saturated heterocycles. The number of hydrogen-bond acceptors (Lipinski definition) is 3. The minimum Gasteiger partial charge on any atom is -0.488 e. The molecule has 2 aromatic rings. The second-order valence-electron chi connectivity index (χ2n) is 5.12. The Kier molecular flexibility index (Phi) is 3.72. The van der Waals surface area contributed by atoms with Gasteiger partial charge in [0.15, 0.2) is 0 Å². The van der Waals surface area contributed by atoms with Crippen LogP contribution in [0.5, 0.6) is 11.5 Å². The molecule has 0 spiro atoms. The molecule has 0 N–H and O–H groups in total. The van der Waals surface area contributed by atoms with Crippen molar-refractivity contribution in [2.75, 3.05) is 6.61 Å². The van der Waals surface area contributed by atoms with Crippen molar-refractivity contribution in [1.29, 1.82) is 5.26 Å². The van der Waals surface area contributed by atoms with Crippen LogP contribution in [0.1, 0.15) is 16.7 Å². The fourth-order valence-corrected chi connectivity index (χ4v) is 2.59. The van der Waals surface area contributed by atoms with Gasteiger partial charge < -0.3 is 9.47 Å². The molecule has 106 valence electrons. The first-order valence-electron chi connectivity index (χ1n) is 6.74. The molecule has 1 heterocycles. The van der Waals surface area contributed by atoms with Crippen LogP contribution in [-0.2, 0) is 6.42 Å². The summed E-state index contributed by atoms with van der Waals surface area (Å²) in [5, 5.41) is 9.62. The summed E-state index contributed by atoms with van der Waals surface area (Å²) in [6.45, 7) is 2.46. The average Bonchev–Trinajstić information content (AvgIpc) is 2.87. The zero-order valence-electron chi connectivity index (χ0n) is 11.6. The molecule has 0 bridgehead atoms. The molecule has 0 amide bonds. The molecular formula is C17H14ClNO2. The standard InChI is InChI=1S/C17H14ClNO2/c1-11-2-5-16-13(6-11)7-15(21-16)10-20-17-8-14(18)4-3-12(17)9-19/h2-6,8,15H,7,10H2,1H3. The number of halogens is 1. The molecule has 1 atom stereocenters. The molecule has 1 aliphatic heterocycles. The zero-order chi connectivity index (χ0) is 14.8. The Balaban J connectivity index is 1.68. The van der Waals surface area contributed by atoms with Gasteiger partial charge in [0.2, 0.25) is 0 Å². The predicted molar refractivity (Wildman–Crippen MR) is 81.0 cm³/mol. The van der Waals surface area contributed by atoms with E-state index in [0.717, 1.165) is 12.2 Å². The van der Waals surface area contributed by atoms with E-state index < -0.39 is 0 Å². The zero-order valence-corrected chi connectivity index (χ0v) is 12.4. The van der Waals surface area contributed by atoms with E-state index in [-0.39, 0.29) is 6.10 Å². The van der Waals surface area contributed by atoms with E-state index in [4.69, 9.17) is 26.3 Å². The quantitative estimate of drug-likeness (QED) is 0.863. The fraction of sp³-hybridized carbons (Fsp3) is 0.235. The van der Waals surface area contributed by atoms with Crippen molar-refractivity contribution in [1.82, 2.24) is 0 Å². The second-order valence-corrected chi connectivity index (χ2v) is 5.55. The topological polar surface area (TPSA) is 42.2 Å².